The van der Waals surface area contributed by atoms with Gasteiger partial charge in [-0.1, -0.05) is 18.2 Å². The van der Waals surface area contributed by atoms with E-state index >= 15 is 0 Å². The Morgan fingerprint density at radius 2 is 1.74 bits per heavy atom. The molecule has 2 unspecified atom stereocenters. The lowest BCUT2D eigenvalue weighted by molar-refractivity contribution is -0.181. The summed E-state index contributed by atoms with van der Waals surface area (Å²) in [5.41, 5.74) is 4.23. The molecule has 2 saturated carbocycles. The van der Waals surface area contributed by atoms with Crippen LogP contribution in [-0.4, -0.2) is 113 Å². The molecule has 0 radical (unpaired) electrons. The van der Waals surface area contributed by atoms with Crippen molar-refractivity contribution in [2.75, 3.05) is 41.3 Å². The van der Waals surface area contributed by atoms with Crippen LogP contribution in [0.3, 0.4) is 0 Å². The number of nitrogens with two attached hydrogens (primary N) is 1. The van der Waals surface area contributed by atoms with E-state index in [-0.39, 0.29) is 24.2 Å². The molecule has 4 aliphatic rings. The first-order chi connectivity index (χ1) is 19.7. The number of likely N-dealkylation sites (N-methyl/N-ethyl adjacent to an activating group) is 2. The molecule has 0 aromatic heterocycles. The van der Waals surface area contributed by atoms with Gasteiger partial charge in [-0.2, -0.15) is 0 Å². The van der Waals surface area contributed by atoms with Gasteiger partial charge >= 0.3 is 0 Å². The highest BCUT2D eigenvalue weighted by molar-refractivity contribution is 6.32. The summed E-state index contributed by atoms with van der Waals surface area (Å²) in [4.78, 5) is 72.7. The molecule has 3 fully saturated rings. The van der Waals surface area contributed by atoms with E-state index in [0.717, 1.165) is 24.0 Å². The highest BCUT2D eigenvalue weighted by atomic mass is 16.3. The second kappa shape index (κ2) is 9.77. The van der Waals surface area contributed by atoms with Gasteiger partial charge in [0.25, 0.3) is 0 Å². The smallest absolute Gasteiger partial charge is 0.235 e. The fourth-order valence-corrected chi connectivity index (χ4v) is 7.77. The number of rotatable bonds is 5. The van der Waals surface area contributed by atoms with Crippen LogP contribution in [0.4, 0.5) is 0 Å². The van der Waals surface area contributed by atoms with E-state index < -0.39 is 64.4 Å². The second-order valence-corrected chi connectivity index (χ2v) is 12.9. The van der Waals surface area contributed by atoms with Crippen LogP contribution in [0.5, 0.6) is 5.75 Å². The van der Waals surface area contributed by atoms with Crippen LogP contribution in [0.25, 0.3) is 10.8 Å². The number of nitrogens with zero attached hydrogens (tertiary/aromatic N) is 3. The fraction of sp³-hybridized carbons (Fsp3) is 0.516. The number of amides is 1. The van der Waals surface area contributed by atoms with Crippen LogP contribution in [0, 0.1) is 23.7 Å². The number of aromatic hydroxyl groups is 1. The highest BCUT2D eigenvalue weighted by Crippen LogP contribution is 2.51. The predicted molar refractivity (Wildman–Crippen MR) is 152 cm³/mol. The van der Waals surface area contributed by atoms with Gasteiger partial charge in [-0.15, -0.1) is 0 Å². The minimum atomic E-state index is -2.72. The molecular formula is C31H36N4O7. The van der Waals surface area contributed by atoms with Crippen LogP contribution in [0.15, 0.2) is 24.3 Å². The summed E-state index contributed by atoms with van der Waals surface area (Å²) in [5, 5.41) is 24.4. The van der Waals surface area contributed by atoms with Gasteiger partial charge in [0.05, 0.1) is 17.5 Å². The van der Waals surface area contributed by atoms with E-state index in [1.54, 1.807) is 14.1 Å². The minimum Gasteiger partial charge on any atom is -0.507 e. The maximum absolute atomic E-state index is 14.0. The Balaban J connectivity index is 1.37. The van der Waals surface area contributed by atoms with Crippen LogP contribution in [0.2, 0.25) is 0 Å². The van der Waals surface area contributed by atoms with Gasteiger partial charge in [0.15, 0.2) is 34.7 Å². The topological polar surface area (TPSA) is 162 Å². The lowest BCUT2D eigenvalue weighted by Crippen LogP contribution is -2.74. The van der Waals surface area contributed by atoms with E-state index in [1.165, 1.54) is 4.90 Å². The summed E-state index contributed by atoms with van der Waals surface area (Å²) in [6, 6.07) is 7.01. The van der Waals surface area contributed by atoms with Crippen molar-refractivity contribution < 1.29 is 34.2 Å². The van der Waals surface area contributed by atoms with E-state index in [4.69, 9.17) is 5.73 Å². The van der Waals surface area contributed by atoms with Crippen molar-refractivity contribution in [3.8, 4) is 5.75 Å². The Morgan fingerprint density at radius 1 is 1.05 bits per heavy atom. The van der Waals surface area contributed by atoms with E-state index in [1.807, 2.05) is 24.3 Å². The number of benzene rings is 2. The predicted octanol–water partition coefficient (Wildman–Crippen LogP) is -0.234. The largest absolute Gasteiger partial charge is 0.507 e. The number of ketones is 4. The van der Waals surface area contributed by atoms with Gasteiger partial charge in [0, 0.05) is 37.0 Å². The van der Waals surface area contributed by atoms with E-state index in [0.29, 0.717) is 23.5 Å². The number of primary amides is 1. The molecule has 2 aromatic carbocycles. The molecule has 2 aromatic rings. The number of phenolic OH excluding ortho intramolecular Hbond substituents is 1. The Kier molecular flexibility index (Phi) is 6.65. The standard InChI is InChI=1S/C31H36N4O7/c1-33(2)18-12-35(13-18)11-14-5-6-15-8-16-9-17-10-20-24(34(3)4)27(38)23(30(32)41)29(40)31(20,42)28(39)22(17)26(37)21(16)25(36)19(15)7-14/h5-8,17-18,20,22-24,36,42H,9-13H2,1-4H3,(H2,32,41)/t17-,20-,22?,23?,24-,31-/m0/s1. The third-order valence-electron chi connectivity index (χ3n) is 10.0. The number of Topliss-reactive ketones (excluding diaryl/α,β-unsaturated/α-hetero) is 4. The summed E-state index contributed by atoms with van der Waals surface area (Å²) >= 11 is 0. The fourth-order valence-electron chi connectivity index (χ4n) is 7.77. The molecule has 42 heavy (non-hydrogen) atoms. The molecule has 1 heterocycles. The quantitative estimate of drug-likeness (QED) is 0.405. The Morgan fingerprint density at radius 3 is 2.36 bits per heavy atom. The van der Waals surface area contributed by atoms with Crippen molar-refractivity contribution in [1.29, 1.82) is 0 Å². The summed E-state index contributed by atoms with van der Waals surface area (Å²) in [5.74, 6) is -10.3. The van der Waals surface area contributed by atoms with Crippen molar-refractivity contribution in [2.24, 2.45) is 29.4 Å². The van der Waals surface area contributed by atoms with Gasteiger partial charge in [-0.3, -0.25) is 33.8 Å². The van der Waals surface area contributed by atoms with Crippen LogP contribution in [0.1, 0.15) is 27.9 Å². The molecule has 11 nitrogen and oxygen atoms in total. The lowest BCUT2D eigenvalue weighted by atomic mass is 9.52. The third-order valence-corrected chi connectivity index (χ3v) is 10.0. The average Bonchev–Trinajstić information content (AvgIpc) is 2.87. The first-order valence-electron chi connectivity index (χ1n) is 14.3. The van der Waals surface area contributed by atoms with Crippen LogP contribution < -0.4 is 5.73 Å². The molecule has 1 amide bonds. The molecule has 6 rings (SSSR count). The molecule has 0 bridgehead atoms. The Bertz CT molecular complexity index is 1560. The average molecular weight is 577 g/mol. The molecule has 3 aliphatic carbocycles. The number of carbonyl (C=O) groups is 5. The zero-order chi connectivity index (χ0) is 30.4. The number of fused-ring (bicyclic) bond motifs is 4. The molecule has 6 atom stereocenters. The van der Waals surface area contributed by atoms with Gasteiger partial charge in [0.1, 0.15) is 5.75 Å². The Hall–Kier alpha value is -3.51. The zero-order valence-corrected chi connectivity index (χ0v) is 24.2. The molecule has 1 aliphatic heterocycles. The first-order valence-corrected chi connectivity index (χ1v) is 14.3. The number of aliphatic hydroxyl groups is 1. The highest BCUT2D eigenvalue weighted by Gasteiger charge is 2.69. The van der Waals surface area contributed by atoms with Crippen LogP contribution in [-0.2, 0) is 32.1 Å². The summed E-state index contributed by atoms with van der Waals surface area (Å²) in [7, 11) is 7.24. The normalized spacial score (nSPS) is 31.7. The van der Waals surface area contributed by atoms with Crippen molar-refractivity contribution >= 4 is 39.8 Å². The van der Waals surface area contributed by atoms with Gasteiger partial charge in [-0.25, -0.2) is 0 Å². The van der Waals surface area contributed by atoms with Crippen molar-refractivity contribution in [1.82, 2.24) is 14.7 Å². The molecule has 0 spiro atoms. The zero-order valence-electron chi connectivity index (χ0n) is 24.2. The second-order valence-electron chi connectivity index (χ2n) is 12.9. The minimum absolute atomic E-state index is 0.0165. The number of likely N-dealkylation sites (tertiary alicyclic amines) is 1. The molecule has 222 valence electrons. The van der Waals surface area contributed by atoms with E-state index in [9.17, 15) is 34.2 Å². The molecule has 1 saturated heterocycles. The Labute approximate surface area is 243 Å². The monoisotopic (exact) mass is 576 g/mol. The maximum Gasteiger partial charge on any atom is 0.235 e. The molecule has 4 N–H and O–H groups in total. The van der Waals surface area contributed by atoms with Crippen molar-refractivity contribution in [3.63, 3.8) is 0 Å². The number of hydrogen-bond donors (Lipinski definition) is 3. The van der Waals surface area contributed by atoms with Crippen molar-refractivity contribution in [3.05, 3.63) is 41.0 Å². The van der Waals surface area contributed by atoms with Crippen molar-refractivity contribution in [2.45, 2.75) is 37.1 Å². The maximum atomic E-state index is 14.0. The molecular weight excluding hydrogens is 540 g/mol. The summed E-state index contributed by atoms with van der Waals surface area (Å²) in [6.07, 6.45) is 0.280. The first kappa shape index (κ1) is 28.6. The van der Waals surface area contributed by atoms with Crippen LogP contribution >= 0.6 is 0 Å². The SMILES string of the molecule is CN(C)C1CN(Cc2ccc3cc4c(c(O)c3c2)C(=O)C2C(=O)[C@]3(O)C(=O)C(C(N)=O)C(=O)[C@@H](N(C)C)[C@@H]3C[C@@H]2C4)C1. The lowest BCUT2D eigenvalue weighted by Gasteiger charge is -2.52. The third kappa shape index (κ3) is 3.98. The number of hydrogen-bond acceptors (Lipinski definition) is 10. The van der Waals surface area contributed by atoms with Gasteiger partial charge < -0.3 is 20.8 Å². The van der Waals surface area contributed by atoms with Gasteiger partial charge in [-0.05, 0) is 69.5 Å². The molecule has 11 heteroatoms. The summed E-state index contributed by atoms with van der Waals surface area (Å²) < 4.78 is 0. The van der Waals surface area contributed by atoms with E-state index in [2.05, 4.69) is 23.9 Å². The van der Waals surface area contributed by atoms with Gasteiger partial charge in [0.2, 0.25) is 5.91 Å². The summed E-state index contributed by atoms with van der Waals surface area (Å²) in [6.45, 7) is 2.56. The number of carbonyl (C=O) groups excluding carboxylic acids is 5. The number of phenols is 1.